The normalized spacial score (nSPS) is 15.6. The second-order valence-electron chi connectivity index (χ2n) is 7.80. The van der Waals surface area contributed by atoms with Gasteiger partial charge in [-0.25, -0.2) is 15.8 Å². The molecule has 0 saturated heterocycles. The first kappa shape index (κ1) is 25.2. The highest BCUT2D eigenvalue weighted by Gasteiger charge is 2.33. The third-order valence-electron chi connectivity index (χ3n) is 5.12. The standard InChI is InChI=1S/C25H21F3N6O3/c26-25(27,28)37-18-8-4-7-17(13-18)35-23-22(31)20(11-15-5-2-1-3-6-15)33-24(34(23)32)36-21-12-16(14-29)9-10-19(21)30/h1-10,12-13,24H,11,30-32H2. The molecule has 1 aliphatic heterocycles. The van der Waals surface area contributed by atoms with Crippen molar-refractivity contribution < 1.29 is 27.4 Å². The molecule has 1 heterocycles. The first-order valence-corrected chi connectivity index (χ1v) is 10.8. The summed E-state index contributed by atoms with van der Waals surface area (Å²) < 4.78 is 53.7. The van der Waals surface area contributed by atoms with Crippen molar-refractivity contribution in [2.45, 2.75) is 19.1 Å². The van der Waals surface area contributed by atoms with Crippen LogP contribution in [0.5, 0.6) is 17.2 Å². The largest absolute Gasteiger partial charge is 0.573 e. The van der Waals surface area contributed by atoms with Gasteiger partial charge in [-0.05, 0) is 29.8 Å². The van der Waals surface area contributed by atoms with Crippen molar-refractivity contribution in [2.75, 3.05) is 5.73 Å². The van der Waals surface area contributed by atoms with E-state index >= 15 is 0 Å². The third kappa shape index (κ3) is 6.22. The number of hydrazine groups is 1. The van der Waals surface area contributed by atoms with Gasteiger partial charge in [-0.2, -0.15) is 5.26 Å². The number of nitrogens with zero attached hydrogens (tertiary/aromatic N) is 3. The topological polar surface area (TPSA) is 145 Å². The average molecular weight is 510 g/mol. The van der Waals surface area contributed by atoms with Crippen LogP contribution in [0.2, 0.25) is 0 Å². The number of aliphatic imine (C=N–C) groups is 1. The fraction of sp³-hybridized carbons (Fsp3) is 0.120. The minimum atomic E-state index is -4.88. The van der Waals surface area contributed by atoms with E-state index in [1.807, 2.05) is 36.4 Å². The molecule has 1 aliphatic rings. The zero-order valence-electron chi connectivity index (χ0n) is 19.1. The number of rotatable bonds is 7. The predicted molar refractivity (Wildman–Crippen MR) is 129 cm³/mol. The molecule has 190 valence electrons. The van der Waals surface area contributed by atoms with Crippen LogP contribution in [0.25, 0.3) is 0 Å². The summed E-state index contributed by atoms with van der Waals surface area (Å²) in [5.41, 5.74) is 14.2. The van der Waals surface area contributed by atoms with Gasteiger partial charge in [0.05, 0.1) is 23.0 Å². The molecule has 1 atom stereocenters. The Kier molecular flexibility index (Phi) is 7.08. The molecule has 0 radical (unpaired) electrons. The molecule has 4 rings (SSSR count). The highest BCUT2D eigenvalue weighted by molar-refractivity contribution is 6.01. The molecule has 3 aromatic rings. The number of hydrogen-bond acceptors (Lipinski definition) is 9. The maximum atomic E-state index is 12.7. The summed E-state index contributed by atoms with van der Waals surface area (Å²) >= 11 is 0. The van der Waals surface area contributed by atoms with Crippen molar-refractivity contribution in [1.82, 2.24) is 5.01 Å². The molecule has 37 heavy (non-hydrogen) atoms. The summed E-state index contributed by atoms with van der Waals surface area (Å²) in [6, 6.07) is 20.6. The molecule has 0 fully saturated rings. The Morgan fingerprint density at radius 3 is 2.41 bits per heavy atom. The summed E-state index contributed by atoms with van der Waals surface area (Å²) in [7, 11) is 0. The molecular weight excluding hydrogens is 489 g/mol. The smallest absolute Gasteiger partial charge is 0.447 e. The van der Waals surface area contributed by atoms with E-state index in [1.165, 1.54) is 30.3 Å². The molecule has 1 unspecified atom stereocenters. The number of halogens is 3. The first-order chi connectivity index (χ1) is 17.6. The van der Waals surface area contributed by atoms with E-state index in [9.17, 15) is 18.4 Å². The van der Waals surface area contributed by atoms with Gasteiger partial charge in [0.1, 0.15) is 22.9 Å². The molecule has 0 saturated carbocycles. The lowest BCUT2D eigenvalue weighted by Gasteiger charge is -2.33. The highest BCUT2D eigenvalue weighted by Crippen LogP contribution is 2.31. The summed E-state index contributed by atoms with van der Waals surface area (Å²) in [4.78, 5) is 4.51. The van der Waals surface area contributed by atoms with Gasteiger partial charge in [0.15, 0.2) is 0 Å². The van der Waals surface area contributed by atoms with Crippen molar-refractivity contribution in [3.63, 3.8) is 0 Å². The summed E-state index contributed by atoms with van der Waals surface area (Å²) in [5.74, 6) is 5.75. The van der Waals surface area contributed by atoms with Crippen LogP contribution in [-0.2, 0) is 6.42 Å². The van der Waals surface area contributed by atoms with E-state index in [1.54, 1.807) is 0 Å². The molecule has 0 bridgehead atoms. The van der Waals surface area contributed by atoms with Crippen LogP contribution in [0.3, 0.4) is 0 Å². The molecule has 0 aliphatic carbocycles. The second kappa shape index (κ2) is 10.4. The zero-order valence-corrected chi connectivity index (χ0v) is 19.1. The predicted octanol–water partition coefficient (Wildman–Crippen LogP) is 3.78. The van der Waals surface area contributed by atoms with E-state index in [4.69, 9.17) is 26.8 Å². The Labute approximate surface area is 209 Å². The minimum absolute atomic E-state index is 0.0270. The molecule has 0 spiro atoms. The van der Waals surface area contributed by atoms with Crippen LogP contribution in [-0.4, -0.2) is 23.4 Å². The van der Waals surface area contributed by atoms with Crippen LogP contribution < -0.4 is 31.5 Å². The van der Waals surface area contributed by atoms with Gasteiger partial charge >= 0.3 is 6.36 Å². The fourth-order valence-corrected chi connectivity index (χ4v) is 3.41. The number of benzene rings is 3. The van der Waals surface area contributed by atoms with Gasteiger partial charge in [0, 0.05) is 18.6 Å². The van der Waals surface area contributed by atoms with Crippen LogP contribution in [0.15, 0.2) is 89.4 Å². The lowest BCUT2D eigenvalue weighted by Crippen LogP contribution is -2.49. The van der Waals surface area contributed by atoms with Gasteiger partial charge in [-0.1, -0.05) is 36.4 Å². The van der Waals surface area contributed by atoms with E-state index in [0.717, 1.165) is 22.7 Å². The summed E-state index contributed by atoms with van der Waals surface area (Å²) in [6.07, 6.45) is -5.83. The van der Waals surface area contributed by atoms with Crippen LogP contribution in [0.4, 0.5) is 18.9 Å². The summed E-state index contributed by atoms with van der Waals surface area (Å²) in [6.45, 7) is 0. The first-order valence-electron chi connectivity index (χ1n) is 10.8. The Balaban J connectivity index is 1.69. The molecule has 9 nitrogen and oxygen atoms in total. The van der Waals surface area contributed by atoms with Gasteiger partial charge in [0.2, 0.25) is 5.88 Å². The number of hydrogen-bond donors (Lipinski definition) is 3. The second-order valence-corrected chi connectivity index (χ2v) is 7.80. The number of allylic oxidation sites excluding steroid dienone is 1. The maximum Gasteiger partial charge on any atom is 0.573 e. The van der Waals surface area contributed by atoms with Crippen molar-refractivity contribution in [2.24, 2.45) is 16.6 Å². The maximum absolute atomic E-state index is 12.7. The third-order valence-corrected chi connectivity index (χ3v) is 5.12. The van der Waals surface area contributed by atoms with Gasteiger partial charge in [0.25, 0.3) is 6.35 Å². The number of alkyl halides is 3. The Hall–Kier alpha value is -4.89. The molecular formula is C25H21F3N6O3. The van der Waals surface area contributed by atoms with Crippen molar-refractivity contribution in [3.8, 4) is 23.3 Å². The van der Waals surface area contributed by atoms with Crippen molar-refractivity contribution >= 4 is 11.4 Å². The van der Waals surface area contributed by atoms with Crippen LogP contribution in [0, 0.1) is 11.3 Å². The van der Waals surface area contributed by atoms with E-state index in [0.29, 0.717) is 11.3 Å². The summed E-state index contributed by atoms with van der Waals surface area (Å²) in [5, 5.41) is 10.2. The molecule has 12 heteroatoms. The van der Waals surface area contributed by atoms with Crippen molar-refractivity contribution in [3.05, 3.63) is 95.5 Å². The van der Waals surface area contributed by atoms with Crippen LogP contribution in [0.1, 0.15) is 11.1 Å². The van der Waals surface area contributed by atoms with E-state index in [-0.39, 0.29) is 35.2 Å². The van der Waals surface area contributed by atoms with Crippen molar-refractivity contribution in [1.29, 1.82) is 5.26 Å². The van der Waals surface area contributed by atoms with Gasteiger partial charge < -0.3 is 25.7 Å². The molecule has 3 aromatic carbocycles. The van der Waals surface area contributed by atoms with Gasteiger partial charge in [-0.3, -0.25) is 0 Å². The SMILES string of the molecule is N#Cc1ccc(N)c(OC2N=C(Cc3ccccc3)C(N)=C(Oc3cccc(OC(F)(F)F)c3)N2N)c1. The average Bonchev–Trinajstić information content (AvgIpc) is 2.86. The number of anilines is 1. The lowest BCUT2D eigenvalue weighted by atomic mass is 10.1. The monoisotopic (exact) mass is 510 g/mol. The number of nitriles is 1. The zero-order chi connectivity index (χ0) is 26.6. The minimum Gasteiger partial charge on any atom is -0.447 e. The van der Waals surface area contributed by atoms with E-state index < -0.39 is 18.5 Å². The Morgan fingerprint density at radius 2 is 1.70 bits per heavy atom. The Morgan fingerprint density at radius 1 is 0.973 bits per heavy atom. The highest BCUT2D eigenvalue weighted by atomic mass is 19.4. The Bertz CT molecular complexity index is 1390. The number of nitrogen functional groups attached to an aromatic ring is 1. The molecule has 0 aromatic heterocycles. The molecule has 6 N–H and O–H groups in total. The number of ether oxygens (including phenoxy) is 3. The quantitative estimate of drug-likeness (QED) is 0.322. The van der Waals surface area contributed by atoms with E-state index in [2.05, 4.69) is 9.73 Å². The molecule has 0 amide bonds. The fourth-order valence-electron chi connectivity index (χ4n) is 3.41. The van der Waals surface area contributed by atoms with Gasteiger partial charge in [-0.15, -0.1) is 13.2 Å². The lowest BCUT2D eigenvalue weighted by molar-refractivity contribution is -0.274. The number of nitrogens with two attached hydrogens (primary N) is 3. The van der Waals surface area contributed by atoms with Crippen LogP contribution >= 0.6 is 0 Å².